The molecule has 0 radical (unpaired) electrons. The first-order valence-electron chi connectivity index (χ1n) is 13.9. The largest absolute Gasteiger partial charge is 0.529 e. The zero-order valence-electron chi connectivity index (χ0n) is 24.0. The smallest absolute Gasteiger partial charge is 0.417 e. The number of benzene rings is 3. The standard InChI is InChI=1S/C32H28ClF3N4O4S/c1-21-7-13-25(14-8-21)45(43,44)39(31(41)42)17-15-22-9-11-24(12-10-22)40-29-19-27(33)26(32(34,35)36)18-28(29)38-30(40)6-2-4-23-5-3-16-37-20-23/h3,5,7-14,16,18-20H,2,4,6,15,17H2,1H3,(H,41,42)/p-1. The number of sulfonamides is 1. The van der Waals surface area contributed by atoms with Gasteiger partial charge in [-0.3, -0.25) is 13.9 Å². The quantitative estimate of drug-likeness (QED) is 0.179. The van der Waals surface area contributed by atoms with Crippen molar-refractivity contribution in [3.05, 3.63) is 118 Å². The zero-order chi connectivity index (χ0) is 32.4. The van der Waals surface area contributed by atoms with Crippen LogP contribution in [0.2, 0.25) is 5.02 Å². The second-order valence-electron chi connectivity index (χ2n) is 10.5. The van der Waals surface area contributed by atoms with E-state index in [1.807, 2.05) is 12.1 Å². The lowest BCUT2D eigenvalue weighted by atomic mass is 10.1. The van der Waals surface area contributed by atoms with E-state index in [2.05, 4.69) is 9.97 Å². The van der Waals surface area contributed by atoms with E-state index in [-0.39, 0.29) is 23.4 Å². The van der Waals surface area contributed by atoms with Gasteiger partial charge >= 0.3 is 6.18 Å². The number of imidazole rings is 1. The minimum Gasteiger partial charge on any atom is -0.529 e. The van der Waals surface area contributed by atoms with Crippen LogP contribution >= 0.6 is 11.6 Å². The number of halogens is 4. The lowest BCUT2D eigenvalue weighted by molar-refractivity contribution is -0.259. The Morgan fingerprint density at radius 3 is 2.31 bits per heavy atom. The van der Waals surface area contributed by atoms with Crippen LogP contribution in [0.15, 0.2) is 90.1 Å². The number of amides is 1. The average Bonchev–Trinajstić information content (AvgIpc) is 3.34. The number of carboxylic acid groups (broad SMARTS) is 1. The van der Waals surface area contributed by atoms with E-state index in [0.29, 0.717) is 46.2 Å². The van der Waals surface area contributed by atoms with Crippen molar-refractivity contribution in [2.75, 3.05) is 6.54 Å². The molecule has 5 aromatic rings. The molecule has 0 unspecified atom stereocenters. The molecule has 1 amide bonds. The number of alkyl halides is 3. The Kier molecular flexibility index (Phi) is 9.17. The van der Waals surface area contributed by atoms with Crippen LogP contribution in [0, 0.1) is 6.92 Å². The molecule has 0 fully saturated rings. The molecule has 0 N–H and O–H groups in total. The molecule has 5 rings (SSSR count). The lowest BCUT2D eigenvalue weighted by Gasteiger charge is -2.24. The summed E-state index contributed by atoms with van der Waals surface area (Å²) >= 11 is 6.08. The Labute approximate surface area is 262 Å². The Morgan fingerprint density at radius 1 is 0.978 bits per heavy atom. The number of nitrogens with zero attached hydrogens (tertiary/aromatic N) is 4. The minimum absolute atomic E-state index is 0.0583. The van der Waals surface area contributed by atoms with Crippen molar-refractivity contribution < 1.29 is 31.5 Å². The molecular formula is C32H27ClF3N4O4S-. The van der Waals surface area contributed by atoms with Gasteiger partial charge in [0.05, 0.1) is 26.5 Å². The number of aromatic nitrogens is 3. The van der Waals surface area contributed by atoms with Crippen LogP contribution in [0.4, 0.5) is 18.0 Å². The van der Waals surface area contributed by atoms with Gasteiger partial charge in [-0.1, -0.05) is 47.5 Å². The summed E-state index contributed by atoms with van der Waals surface area (Å²) < 4.78 is 68.8. The van der Waals surface area contributed by atoms with Crippen molar-refractivity contribution >= 4 is 38.8 Å². The first-order valence-corrected chi connectivity index (χ1v) is 15.7. The monoisotopic (exact) mass is 655 g/mol. The molecule has 2 aromatic heterocycles. The van der Waals surface area contributed by atoms with E-state index in [1.165, 1.54) is 18.2 Å². The molecule has 0 aliphatic heterocycles. The highest BCUT2D eigenvalue weighted by Gasteiger charge is 2.34. The fourth-order valence-electron chi connectivity index (χ4n) is 5.01. The second-order valence-corrected chi connectivity index (χ2v) is 12.7. The summed E-state index contributed by atoms with van der Waals surface area (Å²) in [5.74, 6) is 0.532. The second kappa shape index (κ2) is 12.9. The Balaban J connectivity index is 1.42. The number of hydrogen-bond donors (Lipinski definition) is 0. The summed E-state index contributed by atoms with van der Waals surface area (Å²) in [6.45, 7) is 1.41. The summed E-state index contributed by atoms with van der Waals surface area (Å²) in [5, 5.41) is 11.4. The van der Waals surface area contributed by atoms with Gasteiger partial charge in [0.1, 0.15) is 5.82 Å². The molecule has 234 valence electrons. The first-order chi connectivity index (χ1) is 21.3. The summed E-state index contributed by atoms with van der Waals surface area (Å²) in [7, 11) is -4.35. The molecule has 3 aromatic carbocycles. The average molecular weight is 656 g/mol. The zero-order valence-corrected chi connectivity index (χ0v) is 25.5. The maximum atomic E-state index is 13.6. The van der Waals surface area contributed by atoms with Crippen LogP contribution < -0.4 is 5.11 Å². The summed E-state index contributed by atoms with van der Waals surface area (Å²) in [6, 6.07) is 18.6. The van der Waals surface area contributed by atoms with E-state index in [4.69, 9.17) is 11.6 Å². The Morgan fingerprint density at radius 2 is 1.69 bits per heavy atom. The van der Waals surface area contributed by atoms with Crippen molar-refractivity contribution in [1.82, 2.24) is 18.8 Å². The van der Waals surface area contributed by atoms with Crippen LogP contribution in [0.1, 0.15) is 34.5 Å². The van der Waals surface area contributed by atoms with Gasteiger partial charge in [0.15, 0.2) is 6.09 Å². The maximum absolute atomic E-state index is 13.6. The van der Waals surface area contributed by atoms with Crippen molar-refractivity contribution in [2.45, 2.75) is 43.7 Å². The van der Waals surface area contributed by atoms with Crippen LogP contribution in [0.3, 0.4) is 0 Å². The third-order valence-corrected chi connectivity index (χ3v) is 9.41. The molecule has 45 heavy (non-hydrogen) atoms. The SMILES string of the molecule is Cc1ccc(S(=O)(=O)N(CCc2ccc(-n3c(CCCc4cccnc4)nc4cc(C(F)(F)F)c(Cl)cc43)cc2)C(=O)[O-])cc1. The highest BCUT2D eigenvalue weighted by atomic mass is 35.5. The van der Waals surface area contributed by atoms with Crippen molar-refractivity contribution in [3.63, 3.8) is 0 Å². The van der Waals surface area contributed by atoms with Gasteiger partial charge < -0.3 is 9.90 Å². The van der Waals surface area contributed by atoms with Crippen molar-refractivity contribution in [2.24, 2.45) is 0 Å². The van der Waals surface area contributed by atoms with Crippen LogP contribution in [-0.4, -0.2) is 39.9 Å². The van der Waals surface area contributed by atoms with Crippen molar-refractivity contribution in [1.29, 1.82) is 0 Å². The number of pyridine rings is 1. The molecule has 0 aliphatic rings. The molecule has 0 aliphatic carbocycles. The summed E-state index contributed by atoms with van der Waals surface area (Å²) in [4.78, 5) is 20.3. The molecular weight excluding hydrogens is 629 g/mol. The molecule has 0 bridgehead atoms. The van der Waals surface area contributed by atoms with Crippen molar-refractivity contribution in [3.8, 4) is 5.69 Å². The molecule has 2 heterocycles. The normalized spacial score (nSPS) is 12.0. The topological polar surface area (TPSA) is 108 Å². The highest BCUT2D eigenvalue weighted by Crippen LogP contribution is 2.38. The minimum atomic E-state index is -4.65. The van der Waals surface area contributed by atoms with Gasteiger partial charge in [-0.2, -0.15) is 13.2 Å². The summed E-state index contributed by atoms with van der Waals surface area (Å²) in [5.41, 5.74) is 2.61. The van der Waals surface area contributed by atoms with Gasteiger partial charge in [0, 0.05) is 31.0 Å². The number of carbonyl (C=O) groups excluding carboxylic acids is 1. The summed E-state index contributed by atoms with van der Waals surface area (Å²) in [6.07, 6.45) is -1.22. The van der Waals surface area contributed by atoms with E-state index >= 15 is 0 Å². The van der Waals surface area contributed by atoms with Gasteiger partial charge in [0.25, 0.3) is 10.0 Å². The predicted molar refractivity (Wildman–Crippen MR) is 162 cm³/mol. The third-order valence-electron chi connectivity index (χ3n) is 7.32. The van der Waals surface area contributed by atoms with Gasteiger partial charge in [-0.25, -0.2) is 13.4 Å². The number of fused-ring (bicyclic) bond motifs is 1. The van der Waals surface area contributed by atoms with Gasteiger partial charge in [-0.15, -0.1) is 0 Å². The number of rotatable bonds is 10. The number of carbonyl (C=O) groups is 1. The van der Waals surface area contributed by atoms with Crippen LogP contribution in [-0.2, 0) is 35.5 Å². The molecule has 0 atom stereocenters. The van der Waals surface area contributed by atoms with E-state index < -0.39 is 32.9 Å². The van der Waals surface area contributed by atoms with E-state index in [0.717, 1.165) is 17.2 Å². The Bertz CT molecular complexity index is 1930. The van der Waals surface area contributed by atoms with Gasteiger partial charge in [0.2, 0.25) is 0 Å². The number of hydrogen-bond acceptors (Lipinski definition) is 6. The lowest BCUT2D eigenvalue weighted by Crippen LogP contribution is -2.45. The Hall–Kier alpha value is -4.42. The highest BCUT2D eigenvalue weighted by molar-refractivity contribution is 7.89. The molecule has 0 saturated heterocycles. The maximum Gasteiger partial charge on any atom is 0.417 e. The molecule has 13 heteroatoms. The predicted octanol–water partition coefficient (Wildman–Crippen LogP) is 6.15. The van der Waals surface area contributed by atoms with E-state index in [1.54, 1.807) is 60.3 Å². The molecule has 0 spiro atoms. The van der Waals surface area contributed by atoms with Crippen LogP contribution in [0.25, 0.3) is 16.7 Å². The first kappa shape index (κ1) is 32.0. The molecule has 8 nitrogen and oxygen atoms in total. The fraction of sp³-hybridized carbons (Fsp3) is 0.219. The third kappa shape index (κ3) is 7.12. The molecule has 0 saturated carbocycles. The number of aryl methyl sites for hydroxylation is 3. The van der Waals surface area contributed by atoms with Crippen LogP contribution in [0.5, 0.6) is 0 Å². The van der Waals surface area contributed by atoms with E-state index in [9.17, 15) is 31.5 Å². The fourth-order valence-corrected chi connectivity index (χ4v) is 6.53. The van der Waals surface area contributed by atoms with Gasteiger partial charge in [-0.05, 0) is 79.8 Å².